The number of primary amides is 1. The Balaban J connectivity index is 2.18. The molecule has 1 amide bonds. The van der Waals surface area contributed by atoms with Crippen molar-refractivity contribution < 1.29 is 14.7 Å². The van der Waals surface area contributed by atoms with Crippen molar-refractivity contribution in [1.82, 2.24) is 0 Å². The van der Waals surface area contributed by atoms with E-state index in [0.717, 1.165) is 10.0 Å². The average Bonchev–Trinajstić information content (AvgIpc) is 2.46. The van der Waals surface area contributed by atoms with Crippen molar-refractivity contribution >= 4 is 33.5 Å². The van der Waals surface area contributed by atoms with E-state index in [-0.39, 0.29) is 5.56 Å². The third-order valence-corrected chi connectivity index (χ3v) is 3.40. The monoisotopic (exact) mass is 348 g/mol. The van der Waals surface area contributed by atoms with Crippen LogP contribution in [0.1, 0.15) is 26.3 Å². The molecule has 0 aliphatic heterocycles. The molecule has 0 saturated carbocycles. The van der Waals surface area contributed by atoms with Crippen molar-refractivity contribution in [3.63, 3.8) is 0 Å². The molecule has 0 saturated heterocycles. The number of hydrogen-bond donors (Lipinski definition) is 3. The number of aromatic carboxylic acids is 1. The number of nitrogens with two attached hydrogens (primary N) is 1. The molecule has 0 aliphatic rings. The molecule has 2 aromatic carbocycles. The van der Waals surface area contributed by atoms with Crippen LogP contribution in [0.25, 0.3) is 0 Å². The molecule has 108 valence electrons. The highest BCUT2D eigenvalue weighted by Crippen LogP contribution is 2.21. The maximum atomic E-state index is 11.4. The molecular formula is C15H13BrN2O3. The van der Waals surface area contributed by atoms with Crippen LogP contribution < -0.4 is 11.1 Å². The Bertz CT molecular complexity index is 701. The van der Waals surface area contributed by atoms with Crippen molar-refractivity contribution in [2.45, 2.75) is 6.54 Å². The molecule has 0 fully saturated rings. The van der Waals surface area contributed by atoms with Gasteiger partial charge in [-0.3, -0.25) is 4.79 Å². The van der Waals surface area contributed by atoms with E-state index in [0.29, 0.717) is 17.8 Å². The summed E-state index contributed by atoms with van der Waals surface area (Å²) in [4.78, 5) is 22.3. The fourth-order valence-electron chi connectivity index (χ4n) is 1.89. The minimum atomic E-state index is -0.974. The van der Waals surface area contributed by atoms with E-state index in [9.17, 15) is 9.59 Å². The van der Waals surface area contributed by atoms with Gasteiger partial charge in [0.2, 0.25) is 0 Å². The van der Waals surface area contributed by atoms with Crippen LogP contribution >= 0.6 is 15.9 Å². The van der Waals surface area contributed by atoms with Crippen molar-refractivity contribution in [1.29, 1.82) is 0 Å². The summed E-state index contributed by atoms with van der Waals surface area (Å²) in [6, 6.07) is 11.8. The molecule has 5 nitrogen and oxygen atoms in total. The van der Waals surface area contributed by atoms with Crippen LogP contribution in [0, 0.1) is 0 Å². The van der Waals surface area contributed by atoms with Gasteiger partial charge in [0.05, 0.1) is 11.1 Å². The molecule has 0 bridgehead atoms. The van der Waals surface area contributed by atoms with E-state index in [2.05, 4.69) is 21.2 Å². The fraction of sp³-hybridized carbons (Fsp3) is 0.0667. The summed E-state index contributed by atoms with van der Waals surface area (Å²) in [6.45, 7) is 0.392. The van der Waals surface area contributed by atoms with Crippen LogP contribution in [-0.2, 0) is 6.54 Å². The first-order valence-corrected chi connectivity index (χ1v) is 6.92. The Morgan fingerprint density at radius 3 is 2.62 bits per heavy atom. The lowest BCUT2D eigenvalue weighted by Crippen LogP contribution is -2.14. The second-order valence-electron chi connectivity index (χ2n) is 4.41. The summed E-state index contributed by atoms with van der Waals surface area (Å²) in [5, 5.41) is 12.0. The third kappa shape index (κ3) is 3.82. The topological polar surface area (TPSA) is 92.4 Å². The molecule has 0 atom stereocenters. The van der Waals surface area contributed by atoms with Crippen LogP contribution in [0.5, 0.6) is 0 Å². The average molecular weight is 349 g/mol. The standard InChI is InChI=1S/C15H13BrN2O3/c16-11-4-5-13(12(7-11)14(17)19)18-8-9-2-1-3-10(6-9)15(20)21/h1-7,18H,8H2,(H2,17,19)(H,20,21). The Kier molecular flexibility index (Phi) is 4.59. The van der Waals surface area contributed by atoms with Crippen LogP contribution in [0.3, 0.4) is 0 Å². The Hall–Kier alpha value is -2.34. The molecule has 0 aromatic heterocycles. The number of halogens is 1. The molecule has 0 unspecified atom stereocenters. The van der Waals surface area contributed by atoms with Crippen molar-refractivity contribution in [2.24, 2.45) is 5.73 Å². The van der Waals surface area contributed by atoms with Gasteiger partial charge in [0.25, 0.3) is 5.91 Å². The predicted octanol–water partition coefficient (Wildman–Crippen LogP) is 2.86. The Morgan fingerprint density at radius 1 is 1.19 bits per heavy atom. The highest BCUT2D eigenvalue weighted by Gasteiger charge is 2.09. The van der Waals surface area contributed by atoms with Crippen LogP contribution in [0.15, 0.2) is 46.9 Å². The van der Waals surface area contributed by atoms with Gasteiger partial charge in [-0.2, -0.15) is 0 Å². The lowest BCUT2D eigenvalue weighted by atomic mass is 10.1. The molecule has 6 heteroatoms. The fourth-order valence-corrected chi connectivity index (χ4v) is 2.25. The SMILES string of the molecule is NC(=O)c1cc(Br)ccc1NCc1cccc(C(=O)O)c1. The van der Waals surface area contributed by atoms with Gasteiger partial charge in [-0.25, -0.2) is 4.79 Å². The molecule has 2 aromatic rings. The van der Waals surface area contributed by atoms with Gasteiger partial charge < -0.3 is 16.2 Å². The number of carboxylic acids is 1. The van der Waals surface area contributed by atoms with Gasteiger partial charge in [0.1, 0.15) is 0 Å². The van der Waals surface area contributed by atoms with Crippen molar-refractivity contribution in [2.75, 3.05) is 5.32 Å². The zero-order valence-electron chi connectivity index (χ0n) is 11.0. The normalized spacial score (nSPS) is 10.1. The molecule has 0 radical (unpaired) electrons. The van der Waals surface area contributed by atoms with Gasteiger partial charge in [-0.1, -0.05) is 28.1 Å². The van der Waals surface area contributed by atoms with Gasteiger partial charge >= 0.3 is 5.97 Å². The first-order chi connectivity index (χ1) is 9.97. The van der Waals surface area contributed by atoms with E-state index < -0.39 is 11.9 Å². The number of carbonyl (C=O) groups is 2. The van der Waals surface area contributed by atoms with E-state index in [1.54, 1.807) is 30.3 Å². The minimum absolute atomic E-state index is 0.222. The van der Waals surface area contributed by atoms with Gasteiger partial charge in [0, 0.05) is 16.7 Å². The molecule has 21 heavy (non-hydrogen) atoms. The summed E-state index contributed by atoms with van der Waals surface area (Å²) in [5.74, 6) is -1.50. The van der Waals surface area contributed by atoms with Crippen LogP contribution in [0.2, 0.25) is 0 Å². The largest absolute Gasteiger partial charge is 0.478 e. The zero-order valence-corrected chi connectivity index (χ0v) is 12.6. The number of rotatable bonds is 5. The predicted molar refractivity (Wildman–Crippen MR) is 83.4 cm³/mol. The van der Waals surface area contributed by atoms with E-state index in [4.69, 9.17) is 10.8 Å². The van der Waals surface area contributed by atoms with Gasteiger partial charge in [-0.15, -0.1) is 0 Å². The van der Waals surface area contributed by atoms with E-state index >= 15 is 0 Å². The summed E-state index contributed by atoms with van der Waals surface area (Å²) >= 11 is 3.29. The first-order valence-electron chi connectivity index (χ1n) is 6.13. The third-order valence-electron chi connectivity index (χ3n) is 2.90. The number of benzene rings is 2. The van der Waals surface area contributed by atoms with E-state index in [1.807, 2.05) is 6.07 Å². The second kappa shape index (κ2) is 6.41. The Labute approximate surface area is 129 Å². The molecule has 2 rings (SSSR count). The number of carbonyl (C=O) groups excluding carboxylic acids is 1. The zero-order chi connectivity index (χ0) is 15.4. The summed E-state index contributed by atoms with van der Waals surface area (Å²) in [5.41, 5.74) is 7.34. The summed E-state index contributed by atoms with van der Waals surface area (Å²) in [7, 11) is 0. The summed E-state index contributed by atoms with van der Waals surface area (Å²) < 4.78 is 0.759. The molecule has 0 aliphatic carbocycles. The highest BCUT2D eigenvalue weighted by molar-refractivity contribution is 9.10. The molecule has 0 heterocycles. The number of carboxylic acid groups (broad SMARTS) is 1. The highest BCUT2D eigenvalue weighted by atomic mass is 79.9. The van der Waals surface area contributed by atoms with Crippen LogP contribution in [0.4, 0.5) is 5.69 Å². The number of nitrogens with one attached hydrogen (secondary N) is 1. The molecular weight excluding hydrogens is 336 g/mol. The number of anilines is 1. The first kappa shape index (κ1) is 15.1. The smallest absolute Gasteiger partial charge is 0.335 e. The van der Waals surface area contributed by atoms with E-state index in [1.165, 1.54) is 6.07 Å². The minimum Gasteiger partial charge on any atom is -0.478 e. The quantitative estimate of drug-likeness (QED) is 0.774. The van der Waals surface area contributed by atoms with Crippen LogP contribution in [-0.4, -0.2) is 17.0 Å². The lowest BCUT2D eigenvalue weighted by Gasteiger charge is -2.11. The lowest BCUT2D eigenvalue weighted by molar-refractivity contribution is 0.0696. The maximum absolute atomic E-state index is 11.4. The number of amides is 1. The number of hydrogen-bond acceptors (Lipinski definition) is 3. The second-order valence-corrected chi connectivity index (χ2v) is 5.33. The molecule has 0 spiro atoms. The summed E-state index contributed by atoms with van der Waals surface area (Å²) in [6.07, 6.45) is 0. The van der Waals surface area contributed by atoms with Gasteiger partial charge in [0.15, 0.2) is 0 Å². The maximum Gasteiger partial charge on any atom is 0.335 e. The van der Waals surface area contributed by atoms with Crippen molar-refractivity contribution in [3.05, 3.63) is 63.6 Å². The molecule has 4 N–H and O–H groups in total. The van der Waals surface area contributed by atoms with Crippen molar-refractivity contribution in [3.8, 4) is 0 Å². The Morgan fingerprint density at radius 2 is 1.95 bits per heavy atom. The van der Waals surface area contributed by atoms with Gasteiger partial charge in [-0.05, 0) is 35.9 Å².